The molecule has 1 saturated heterocycles. The zero-order valence-electron chi connectivity index (χ0n) is 16.8. The first-order chi connectivity index (χ1) is 14.0. The first kappa shape index (κ1) is 20.8. The quantitative estimate of drug-likeness (QED) is 0.566. The van der Waals surface area contributed by atoms with Gasteiger partial charge in [-0.15, -0.1) is 11.3 Å². The molecule has 0 bridgehead atoms. The average Bonchev–Trinajstić information content (AvgIpc) is 3.26. The first-order valence-corrected chi connectivity index (χ1v) is 10.3. The van der Waals surface area contributed by atoms with Crippen LogP contribution in [0.4, 0.5) is 11.4 Å². The third-order valence-corrected chi connectivity index (χ3v) is 5.72. The predicted octanol–water partition coefficient (Wildman–Crippen LogP) is 3.14. The van der Waals surface area contributed by atoms with Gasteiger partial charge in [0.25, 0.3) is 5.91 Å². The van der Waals surface area contributed by atoms with Crippen molar-refractivity contribution in [2.24, 2.45) is 9.98 Å². The van der Waals surface area contributed by atoms with Gasteiger partial charge in [-0.2, -0.15) is 0 Å². The molecule has 1 fully saturated rings. The summed E-state index contributed by atoms with van der Waals surface area (Å²) in [4.78, 5) is 26.4. The fourth-order valence-electron chi connectivity index (χ4n) is 2.94. The highest BCUT2D eigenvalue weighted by Gasteiger charge is 2.16. The van der Waals surface area contributed by atoms with Crippen molar-refractivity contribution in [1.82, 2.24) is 9.80 Å². The number of benzene rings is 1. The second-order valence-corrected chi connectivity index (χ2v) is 7.83. The molecular formula is C21H26N6OS. The minimum Gasteiger partial charge on any atom is -0.397 e. The van der Waals surface area contributed by atoms with E-state index in [1.165, 1.54) is 0 Å². The van der Waals surface area contributed by atoms with Gasteiger partial charge >= 0.3 is 0 Å². The van der Waals surface area contributed by atoms with Crippen LogP contribution in [0.2, 0.25) is 0 Å². The normalized spacial score (nSPS) is 16.0. The van der Waals surface area contributed by atoms with Crippen LogP contribution in [0.15, 0.2) is 57.7 Å². The van der Waals surface area contributed by atoms with E-state index in [0.29, 0.717) is 22.9 Å². The molecule has 0 aliphatic carbocycles. The molecular weight excluding hydrogens is 384 g/mol. The highest BCUT2D eigenvalue weighted by Crippen LogP contribution is 2.30. The average molecular weight is 411 g/mol. The van der Waals surface area contributed by atoms with Crippen LogP contribution in [-0.4, -0.2) is 61.4 Å². The molecule has 1 aliphatic rings. The van der Waals surface area contributed by atoms with Crippen molar-refractivity contribution in [1.29, 1.82) is 0 Å². The molecule has 2 heterocycles. The number of carbonyl (C=O) groups is 1. The Morgan fingerprint density at radius 3 is 2.69 bits per heavy atom. The smallest absolute Gasteiger partial charge is 0.269 e. The molecule has 3 N–H and O–H groups in total. The fraction of sp³-hybridized carbons (Fsp3) is 0.286. The number of aliphatic imine (C=N–C) groups is 2. The number of nitrogens with two attached hydrogens (primary N) is 1. The summed E-state index contributed by atoms with van der Waals surface area (Å²) >= 11 is 1.63. The summed E-state index contributed by atoms with van der Waals surface area (Å²) in [6.45, 7) is 8.91. The van der Waals surface area contributed by atoms with E-state index in [-0.39, 0.29) is 5.91 Å². The maximum Gasteiger partial charge on any atom is 0.269 e. The van der Waals surface area contributed by atoms with Gasteiger partial charge in [0.2, 0.25) is 0 Å². The number of hydrogen-bond acceptors (Lipinski definition) is 7. The lowest BCUT2D eigenvalue weighted by Gasteiger charge is -2.33. The van der Waals surface area contributed by atoms with Gasteiger partial charge in [-0.3, -0.25) is 9.79 Å². The van der Waals surface area contributed by atoms with E-state index in [1.807, 2.05) is 29.6 Å². The molecule has 0 atom stereocenters. The summed E-state index contributed by atoms with van der Waals surface area (Å²) in [6.07, 6.45) is 1.60. The van der Waals surface area contributed by atoms with Crippen LogP contribution in [0.3, 0.4) is 0 Å². The number of hydrogen-bond donors (Lipinski definition) is 2. The number of anilines is 2. The number of thiophene rings is 1. The molecule has 1 aromatic heterocycles. The minimum atomic E-state index is -0.307. The molecule has 8 heteroatoms. The van der Waals surface area contributed by atoms with Gasteiger partial charge in [0.1, 0.15) is 11.5 Å². The van der Waals surface area contributed by atoms with Crippen molar-refractivity contribution >= 4 is 41.0 Å². The Morgan fingerprint density at radius 2 is 2.03 bits per heavy atom. The molecule has 1 aliphatic heterocycles. The van der Waals surface area contributed by atoms with E-state index < -0.39 is 0 Å². The van der Waals surface area contributed by atoms with Crippen LogP contribution in [-0.2, 0) is 4.79 Å². The molecule has 0 spiro atoms. The van der Waals surface area contributed by atoms with Crippen molar-refractivity contribution in [3.8, 4) is 10.4 Å². The first-order valence-electron chi connectivity index (χ1n) is 9.37. The van der Waals surface area contributed by atoms with Crippen LogP contribution in [0.5, 0.6) is 0 Å². The number of likely N-dealkylation sites (N-methyl/N-ethyl adjacent to an activating group) is 1. The van der Waals surface area contributed by atoms with E-state index in [0.717, 1.165) is 36.6 Å². The Balaban J connectivity index is 1.71. The number of rotatable bonds is 6. The summed E-state index contributed by atoms with van der Waals surface area (Å²) in [5.41, 5.74) is 8.45. The SMILES string of the molecule is C=N/C(=C\N=C(C)C(=O)Nc1cc(-c2cccs2)ccc1N)N1CCN(C)CC1. The van der Waals surface area contributed by atoms with Crippen molar-refractivity contribution in [2.75, 3.05) is 44.3 Å². The van der Waals surface area contributed by atoms with Crippen LogP contribution in [0.1, 0.15) is 6.92 Å². The molecule has 7 nitrogen and oxygen atoms in total. The molecule has 1 amide bonds. The molecule has 0 unspecified atom stereocenters. The van der Waals surface area contributed by atoms with Crippen LogP contribution in [0, 0.1) is 0 Å². The molecule has 3 rings (SSSR count). The number of nitrogen functional groups attached to an aromatic ring is 1. The third kappa shape index (κ3) is 5.30. The van der Waals surface area contributed by atoms with Gasteiger partial charge in [0.15, 0.2) is 0 Å². The number of nitrogens with zero attached hydrogens (tertiary/aromatic N) is 4. The summed E-state index contributed by atoms with van der Waals surface area (Å²) < 4.78 is 0. The maximum atomic E-state index is 12.6. The monoisotopic (exact) mass is 410 g/mol. The van der Waals surface area contributed by atoms with Gasteiger partial charge in [0.05, 0.1) is 17.6 Å². The lowest BCUT2D eigenvalue weighted by molar-refractivity contribution is -0.110. The van der Waals surface area contributed by atoms with Crippen molar-refractivity contribution in [2.45, 2.75) is 6.92 Å². The highest BCUT2D eigenvalue weighted by molar-refractivity contribution is 7.13. The van der Waals surface area contributed by atoms with E-state index in [4.69, 9.17) is 5.73 Å². The zero-order valence-corrected chi connectivity index (χ0v) is 17.6. The second-order valence-electron chi connectivity index (χ2n) is 6.88. The summed E-state index contributed by atoms with van der Waals surface area (Å²) in [5.74, 6) is 0.363. The van der Waals surface area contributed by atoms with Crippen molar-refractivity contribution in [3.63, 3.8) is 0 Å². The zero-order chi connectivity index (χ0) is 20.8. The lowest BCUT2D eigenvalue weighted by Crippen LogP contribution is -2.43. The Bertz CT molecular complexity index is 927. The summed E-state index contributed by atoms with van der Waals surface area (Å²) in [6, 6.07) is 9.64. The molecule has 0 saturated carbocycles. The molecule has 2 aromatic rings. The number of nitrogens with one attached hydrogen (secondary N) is 1. The standard InChI is InChI=1S/C21H26N6OS/c1-15(24-14-20(23-2)27-10-8-26(3)9-11-27)21(28)25-18-13-16(6-7-17(18)22)19-5-4-12-29-19/h4-7,12-14H,2,8-11,22H2,1,3H3,(H,25,28)/b20-14+,24-15?. The third-order valence-electron chi connectivity index (χ3n) is 4.80. The summed E-state index contributed by atoms with van der Waals surface area (Å²) in [7, 11) is 2.09. The molecule has 1 aromatic carbocycles. The topological polar surface area (TPSA) is 86.3 Å². The largest absolute Gasteiger partial charge is 0.397 e. The molecule has 29 heavy (non-hydrogen) atoms. The van der Waals surface area contributed by atoms with Crippen molar-refractivity contribution in [3.05, 3.63) is 47.7 Å². The Hall–Kier alpha value is -2.97. The lowest BCUT2D eigenvalue weighted by atomic mass is 10.1. The van der Waals surface area contributed by atoms with Crippen molar-refractivity contribution < 1.29 is 4.79 Å². The van der Waals surface area contributed by atoms with E-state index in [9.17, 15) is 4.79 Å². The minimum absolute atomic E-state index is 0.307. The summed E-state index contributed by atoms with van der Waals surface area (Å²) in [5, 5.41) is 4.87. The van der Waals surface area contributed by atoms with E-state index in [2.05, 4.69) is 38.9 Å². The predicted molar refractivity (Wildman–Crippen MR) is 123 cm³/mol. The molecule has 152 valence electrons. The van der Waals surface area contributed by atoms with Gasteiger partial charge in [0, 0.05) is 31.1 Å². The van der Waals surface area contributed by atoms with Crippen LogP contribution >= 0.6 is 11.3 Å². The van der Waals surface area contributed by atoms with Crippen LogP contribution in [0.25, 0.3) is 10.4 Å². The van der Waals surface area contributed by atoms with Gasteiger partial charge in [-0.05, 0) is 49.8 Å². The fourth-order valence-corrected chi connectivity index (χ4v) is 3.67. The van der Waals surface area contributed by atoms with Gasteiger partial charge < -0.3 is 20.9 Å². The van der Waals surface area contributed by atoms with Gasteiger partial charge in [-0.25, -0.2) is 4.99 Å². The highest BCUT2D eigenvalue weighted by atomic mass is 32.1. The Kier molecular flexibility index (Phi) is 6.79. The number of amides is 1. The Morgan fingerprint density at radius 1 is 1.28 bits per heavy atom. The second kappa shape index (κ2) is 9.49. The molecule has 0 radical (unpaired) electrons. The van der Waals surface area contributed by atoms with E-state index in [1.54, 1.807) is 30.5 Å². The maximum absolute atomic E-state index is 12.6. The van der Waals surface area contributed by atoms with E-state index >= 15 is 0 Å². The Labute approximate surface area is 175 Å². The number of piperazine rings is 1. The number of carbonyl (C=O) groups excluding carboxylic acids is 1. The van der Waals surface area contributed by atoms with Crippen LogP contribution < -0.4 is 11.1 Å². The van der Waals surface area contributed by atoms with Gasteiger partial charge in [-0.1, -0.05) is 12.1 Å².